The fraction of sp³-hybridized carbons (Fsp3) is 0.389. The zero-order valence-electron chi connectivity index (χ0n) is 15.8. The van der Waals surface area contributed by atoms with Crippen molar-refractivity contribution in [1.29, 1.82) is 0 Å². The molecule has 2 rings (SSSR count). The molecule has 0 aliphatic carbocycles. The molecule has 0 aliphatic heterocycles. The fourth-order valence-corrected chi connectivity index (χ4v) is 4.12. The summed E-state index contributed by atoms with van der Waals surface area (Å²) in [5.41, 5.74) is 3.55. The molecule has 0 fully saturated rings. The maximum atomic E-state index is 12.0. The Balaban J connectivity index is 2.04. The van der Waals surface area contributed by atoms with E-state index in [9.17, 15) is 14.7 Å². The summed E-state index contributed by atoms with van der Waals surface area (Å²) < 4.78 is 4.23. The summed E-state index contributed by atoms with van der Waals surface area (Å²) in [4.78, 5) is 25.6. The average Bonchev–Trinajstić information content (AvgIpc) is 2.98. The second-order valence-electron chi connectivity index (χ2n) is 6.39. The van der Waals surface area contributed by atoms with Crippen molar-refractivity contribution in [2.75, 3.05) is 32.5 Å². The SMILES string of the molecule is Cc1ccc(CSc2nsc(NC(=O)NCCN(C)C)c2C(=O)O)cc1C. The molecular formula is C18H24N4O3S2. The highest BCUT2D eigenvalue weighted by atomic mass is 32.2. The molecule has 2 aromatic rings. The first-order chi connectivity index (χ1) is 12.8. The van der Waals surface area contributed by atoms with Crippen LogP contribution in [0.4, 0.5) is 9.80 Å². The van der Waals surface area contributed by atoms with Crippen molar-refractivity contribution in [3.05, 3.63) is 40.5 Å². The first-order valence-electron chi connectivity index (χ1n) is 8.39. The van der Waals surface area contributed by atoms with Crippen molar-refractivity contribution >= 4 is 40.3 Å². The lowest BCUT2D eigenvalue weighted by atomic mass is 10.1. The van der Waals surface area contributed by atoms with Gasteiger partial charge in [0.2, 0.25) is 0 Å². The lowest BCUT2D eigenvalue weighted by Crippen LogP contribution is -2.34. The van der Waals surface area contributed by atoms with Gasteiger partial charge in [0, 0.05) is 18.8 Å². The molecule has 0 atom stereocenters. The molecule has 9 heteroatoms. The van der Waals surface area contributed by atoms with Gasteiger partial charge in [-0.05, 0) is 56.2 Å². The second-order valence-corrected chi connectivity index (χ2v) is 8.13. The number of urea groups is 1. The number of rotatable bonds is 8. The van der Waals surface area contributed by atoms with Gasteiger partial charge in [-0.2, -0.15) is 4.37 Å². The molecule has 27 heavy (non-hydrogen) atoms. The Morgan fingerprint density at radius 2 is 2.00 bits per heavy atom. The van der Waals surface area contributed by atoms with Crippen LogP contribution in [0, 0.1) is 13.8 Å². The van der Waals surface area contributed by atoms with Gasteiger partial charge in [-0.1, -0.05) is 30.0 Å². The van der Waals surface area contributed by atoms with Gasteiger partial charge in [0.15, 0.2) is 0 Å². The number of thioether (sulfide) groups is 1. The van der Waals surface area contributed by atoms with E-state index in [-0.39, 0.29) is 10.6 Å². The maximum absolute atomic E-state index is 12.0. The third-order valence-electron chi connectivity index (χ3n) is 3.89. The van der Waals surface area contributed by atoms with Gasteiger partial charge in [0.05, 0.1) is 0 Å². The van der Waals surface area contributed by atoms with Crippen LogP contribution in [0.5, 0.6) is 0 Å². The number of carboxylic acid groups (broad SMARTS) is 1. The number of aromatic nitrogens is 1. The number of nitrogens with zero attached hydrogens (tertiary/aromatic N) is 2. The summed E-state index contributed by atoms with van der Waals surface area (Å²) >= 11 is 2.33. The van der Waals surface area contributed by atoms with Crippen molar-refractivity contribution < 1.29 is 14.7 Å². The molecule has 3 N–H and O–H groups in total. The van der Waals surface area contributed by atoms with Gasteiger partial charge in [-0.25, -0.2) is 9.59 Å². The number of carboxylic acids is 1. The number of hydrogen-bond donors (Lipinski definition) is 3. The van der Waals surface area contributed by atoms with Crippen LogP contribution in [0.15, 0.2) is 23.2 Å². The van der Waals surface area contributed by atoms with Crippen molar-refractivity contribution in [1.82, 2.24) is 14.6 Å². The Labute approximate surface area is 167 Å². The average molecular weight is 409 g/mol. The Morgan fingerprint density at radius 3 is 2.63 bits per heavy atom. The molecule has 0 spiro atoms. The van der Waals surface area contributed by atoms with E-state index >= 15 is 0 Å². The zero-order valence-corrected chi connectivity index (χ0v) is 17.5. The third-order valence-corrected chi connectivity index (χ3v) is 5.82. The van der Waals surface area contributed by atoms with E-state index in [1.807, 2.05) is 32.0 Å². The van der Waals surface area contributed by atoms with Gasteiger partial charge < -0.3 is 15.3 Å². The van der Waals surface area contributed by atoms with Gasteiger partial charge >= 0.3 is 12.0 Å². The molecule has 0 unspecified atom stereocenters. The number of amides is 2. The number of aromatic carboxylic acids is 1. The number of likely N-dealkylation sites (N-methyl/N-ethyl adjacent to an activating group) is 1. The van der Waals surface area contributed by atoms with Crippen LogP contribution in [0.3, 0.4) is 0 Å². The van der Waals surface area contributed by atoms with Crippen LogP contribution in [0.2, 0.25) is 0 Å². The highest BCUT2D eigenvalue weighted by Crippen LogP contribution is 2.33. The summed E-state index contributed by atoms with van der Waals surface area (Å²) in [5, 5.41) is 15.5. The number of aryl methyl sites for hydroxylation is 2. The number of nitrogens with one attached hydrogen (secondary N) is 2. The number of benzene rings is 1. The number of anilines is 1. The monoisotopic (exact) mass is 408 g/mol. The fourth-order valence-electron chi connectivity index (χ4n) is 2.23. The lowest BCUT2D eigenvalue weighted by molar-refractivity contribution is 0.0694. The van der Waals surface area contributed by atoms with E-state index in [0.717, 1.165) is 17.1 Å². The van der Waals surface area contributed by atoms with Gasteiger partial charge in [-0.15, -0.1) is 0 Å². The minimum Gasteiger partial charge on any atom is -0.477 e. The molecule has 1 aromatic heterocycles. The molecule has 0 radical (unpaired) electrons. The van der Waals surface area contributed by atoms with Crippen LogP contribution < -0.4 is 10.6 Å². The summed E-state index contributed by atoms with van der Waals surface area (Å²) in [5.74, 6) is -0.491. The van der Waals surface area contributed by atoms with Crippen molar-refractivity contribution in [3.63, 3.8) is 0 Å². The number of carbonyl (C=O) groups is 2. The van der Waals surface area contributed by atoms with Gasteiger partial charge in [0.25, 0.3) is 0 Å². The summed E-state index contributed by atoms with van der Waals surface area (Å²) in [6.45, 7) is 5.26. The molecular weight excluding hydrogens is 384 g/mol. The normalized spacial score (nSPS) is 10.9. The smallest absolute Gasteiger partial charge is 0.341 e. The van der Waals surface area contributed by atoms with E-state index in [2.05, 4.69) is 34.1 Å². The zero-order chi connectivity index (χ0) is 20.0. The molecule has 0 saturated heterocycles. The maximum Gasteiger partial charge on any atom is 0.341 e. The topological polar surface area (TPSA) is 94.6 Å². The third kappa shape index (κ3) is 6.23. The molecule has 2 amide bonds. The van der Waals surface area contributed by atoms with Crippen molar-refractivity contribution in [2.24, 2.45) is 0 Å². The standard InChI is InChI=1S/C18H24N4O3S2/c1-11-5-6-13(9-12(11)2)10-26-16-14(17(23)24)15(27-21-16)20-18(25)19-7-8-22(3)4/h5-6,9H,7-8,10H2,1-4H3,(H,23,24)(H2,19,20,25). The van der Waals surface area contributed by atoms with Crippen LogP contribution >= 0.6 is 23.3 Å². The molecule has 146 valence electrons. The van der Waals surface area contributed by atoms with Crippen LogP contribution in [0.25, 0.3) is 0 Å². The highest BCUT2D eigenvalue weighted by molar-refractivity contribution is 7.98. The first-order valence-corrected chi connectivity index (χ1v) is 10.1. The molecule has 0 aliphatic rings. The predicted molar refractivity (Wildman–Crippen MR) is 110 cm³/mol. The molecule has 7 nitrogen and oxygen atoms in total. The Kier molecular flexibility index (Phi) is 7.64. The Bertz CT molecular complexity index is 821. The number of carbonyl (C=O) groups excluding carboxylic acids is 1. The minimum atomic E-state index is -1.10. The quantitative estimate of drug-likeness (QED) is 0.579. The van der Waals surface area contributed by atoms with Gasteiger partial charge in [-0.3, -0.25) is 5.32 Å². The lowest BCUT2D eigenvalue weighted by Gasteiger charge is -2.10. The molecule has 1 aromatic carbocycles. The van der Waals surface area contributed by atoms with E-state index < -0.39 is 12.0 Å². The Hall–Kier alpha value is -2.10. The van der Waals surface area contributed by atoms with Crippen molar-refractivity contribution in [2.45, 2.75) is 24.6 Å². The largest absolute Gasteiger partial charge is 0.477 e. The summed E-state index contributed by atoms with van der Waals surface area (Å²) in [7, 11) is 3.81. The second kappa shape index (κ2) is 9.72. The van der Waals surface area contributed by atoms with E-state index in [4.69, 9.17) is 0 Å². The first kappa shape index (κ1) is 21.2. The van der Waals surface area contributed by atoms with Crippen LogP contribution in [0.1, 0.15) is 27.0 Å². The minimum absolute atomic E-state index is 0.0385. The number of hydrogen-bond acceptors (Lipinski definition) is 6. The van der Waals surface area contributed by atoms with Crippen LogP contribution in [-0.2, 0) is 5.75 Å². The van der Waals surface area contributed by atoms with E-state index in [0.29, 0.717) is 23.9 Å². The summed E-state index contributed by atoms with van der Waals surface area (Å²) in [6, 6.07) is 5.73. The van der Waals surface area contributed by atoms with Gasteiger partial charge in [0.1, 0.15) is 15.6 Å². The van der Waals surface area contributed by atoms with E-state index in [1.165, 1.54) is 22.9 Å². The summed E-state index contributed by atoms with van der Waals surface area (Å²) in [6.07, 6.45) is 0. The molecule has 1 heterocycles. The van der Waals surface area contributed by atoms with Crippen LogP contribution in [-0.4, -0.2) is 53.6 Å². The predicted octanol–water partition coefficient (Wildman–Crippen LogP) is 3.43. The Morgan fingerprint density at radius 1 is 1.26 bits per heavy atom. The van der Waals surface area contributed by atoms with E-state index in [1.54, 1.807) is 0 Å². The van der Waals surface area contributed by atoms with Crippen molar-refractivity contribution in [3.8, 4) is 0 Å². The molecule has 0 saturated carbocycles. The molecule has 0 bridgehead atoms. The highest BCUT2D eigenvalue weighted by Gasteiger charge is 2.22.